The largest absolute Gasteiger partial charge is 0.507 e. The Morgan fingerprint density at radius 2 is 1.76 bits per heavy atom. The van der Waals surface area contributed by atoms with E-state index < -0.39 is 0 Å². The molecule has 0 unspecified atom stereocenters. The van der Waals surface area contributed by atoms with E-state index in [0.717, 1.165) is 49.4 Å². The highest BCUT2D eigenvalue weighted by Crippen LogP contribution is 2.29. The lowest BCUT2D eigenvalue weighted by molar-refractivity contribution is 0.148. The first-order chi connectivity index (χ1) is 12.0. The number of phenols is 1. The number of aromatic hydroxyl groups is 1. The van der Waals surface area contributed by atoms with Crippen LogP contribution in [0.3, 0.4) is 0 Å². The highest BCUT2D eigenvalue weighted by molar-refractivity contribution is 5.82. The number of likely N-dealkylation sites (N-methyl/N-ethyl adjacent to an activating group) is 1. The molecule has 1 aliphatic rings. The van der Waals surface area contributed by atoms with Crippen LogP contribution in [0.5, 0.6) is 5.75 Å². The first-order valence-corrected chi connectivity index (χ1v) is 9.00. The van der Waals surface area contributed by atoms with Crippen LogP contribution in [0.15, 0.2) is 42.5 Å². The second-order valence-electron chi connectivity index (χ2n) is 7.12. The molecule has 2 aromatic carbocycles. The van der Waals surface area contributed by atoms with Crippen LogP contribution < -0.4 is 0 Å². The van der Waals surface area contributed by atoms with Gasteiger partial charge in [-0.15, -0.1) is 0 Å². The van der Waals surface area contributed by atoms with E-state index in [-0.39, 0.29) is 0 Å². The maximum absolute atomic E-state index is 10.5. The van der Waals surface area contributed by atoms with Crippen molar-refractivity contribution in [1.82, 2.24) is 9.80 Å². The number of rotatable bonds is 4. The summed E-state index contributed by atoms with van der Waals surface area (Å²) in [6.45, 7) is 9.47. The fourth-order valence-corrected chi connectivity index (χ4v) is 3.37. The average molecular weight is 336 g/mol. The molecule has 2 aromatic rings. The van der Waals surface area contributed by atoms with Gasteiger partial charge >= 0.3 is 0 Å². The summed E-state index contributed by atoms with van der Waals surface area (Å²) in [6, 6.07) is 14.6. The lowest BCUT2D eigenvalue weighted by Gasteiger charge is -2.32. The summed E-state index contributed by atoms with van der Waals surface area (Å²) in [5.74, 6) is 0.386. The first-order valence-electron chi connectivity index (χ1n) is 9.00. The van der Waals surface area contributed by atoms with Crippen molar-refractivity contribution in [2.24, 2.45) is 0 Å². The second kappa shape index (κ2) is 7.85. The minimum absolute atomic E-state index is 0.386. The molecule has 3 heteroatoms. The van der Waals surface area contributed by atoms with Gasteiger partial charge in [-0.25, -0.2) is 0 Å². The van der Waals surface area contributed by atoms with Crippen LogP contribution in [0.25, 0.3) is 11.6 Å². The van der Waals surface area contributed by atoms with Gasteiger partial charge < -0.3 is 10.0 Å². The molecule has 0 atom stereocenters. The molecular formula is C22H28N2O. The van der Waals surface area contributed by atoms with Crippen LogP contribution in [-0.2, 0) is 6.54 Å². The van der Waals surface area contributed by atoms with Crippen molar-refractivity contribution < 1.29 is 5.11 Å². The van der Waals surface area contributed by atoms with E-state index in [9.17, 15) is 5.11 Å². The third-order valence-electron chi connectivity index (χ3n) is 4.99. The number of nitrogens with zero attached hydrogens (tertiary/aromatic N) is 2. The number of aryl methyl sites for hydroxylation is 1. The molecule has 0 saturated carbocycles. The average Bonchev–Trinajstić information content (AvgIpc) is 2.62. The maximum Gasteiger partial charge on any atom is 0.125 e. The monoisotopic (exact) mass is 336 g/mol. The summed E-state index contributed by atoms with van der Waals surface area (Å²) in [5, 5.41) is 10.5. The molecule has 1 aliphatic heterocycles. The van der Waals surface area contributed by atoms with Crippen molar-refractivity contribution in [2.45, 2.75) is 20.4 Å². The fourth-order valence-electron chi connectivity index (χ4n) is 3.37. The highest BCUT2D eigenvalue weighted by Gasteiger charge is 2.15. The van der Waals surface area contributed by atoms with Crippen LogP contribution in [0, 0.1) is 6.92 Å². The maximum atomic E-state index is 10.5. The molecule has 0 spiro atoms. The Morgan fingerprint density at radius 1 is 1.08 bits per heavy atom. The number of benzene rings is 2. The standard InChI is InChI=1S/C22H28N2O/c1-17(20-7-5-4-6-8-20)14-21-15-19(13-18(2)22(21)25)16-24-11-9-23(3)10-12-24/h4-8,13-15,25H,9-12,16H2,1-3H3. The van der Waals surface area contributed by atoms with E-state index in [0.29, 0.717) is 5.75 Å². The molecule has 1 fully saturated rings. The SMILES string of the molecule is CC(=Cc1cc(CN2CCN(C)CC2)cc(C)c1O)c1ccccc1. The zero-order valence-electron chi connectivity index (χ0n) is 15.5. The molecule has 0 bridgehead atoms. The molecule has 0 radical (unpaired) electrons. The van der Waals surface area contributed by atoms with E-state index in [1.807, 2.05) is 25.1 Å². The molecular weight excluding hydrogens is 308 g/mol. The van der Waals surface area contributed by atoms with Crippen molar-refractivity contribution in [1.29, 1.82) is 0 Å². The number of hydrogen-bond donors (Lipinski definition) is 1. The van der Waals surface area contributed by atoms with Gasteiger partial charge in [0.1, 0.15) is 5.75 Å². The summed E-state index contributed by atoms with van der Waals surface area (Å²) < 4.78 is 0. The molecule has 0 aromatic heterocycles. The lowest BCUT2D eigenvalue weighted by Crippen LogP contribution is -2.43. The van der Waals surface area contributed by atoms with Crippen molar-refractivity contribution in [2.75, 3.05) is 33.2 Å². The van der Waals surface area contributed by atoms with Crippen molar-refractivity contribution in [3.63, 3.8) is 0 Å². The molecule has 25 heavy (non-hydrogen) atoms. The Hall–Kier alpha value is -2.10. The summed E-state index contributed by atoms with van der Waals surface area (Å²) in [5.41, 5.74) is 5.47. The van der Waals surface area contributed by atoms with Gasteiger partial charge in [-0.3, -0.25) is 4.90 Å². The summed E-state index contributed by atoms with van der Waals surface area (Å²) >= 11 is 0. The number of allylic oxidation sites excluding steroid dienone is 1. The lowest BCUT2D eigenvalue weighted by atomic mass is 9.99. The zero-order chi connectivity index (χ0) is 17.8. The van der Waals surface area contributed by atoms with E-state index in [4.69, 9.17) is 0 Å². The van der Waals surface area contributed by atoms with Crippen LogP contribution >= 0.6 is 0 Å². The molecule has 1 saturated heterocycles. The molecule has 1 N–H and O–H groups in total. The Morgan fingerprint density at radius 3 is 2.44 bits per heavy atom. The third kappa shape index (κ3) is 4.50. The molecule has 0 aliphatic carbocycles. The molecule has 3 nitrogen and oxygen atoms in total. The van der Waals surface area contributed by atoms with E-state index in [1.54, 1.807) is 0 Å². The van der Waals surface area contributed by atoms with E-state index >= 15 is 0 Å². The molecule has 3 rings (SSSR count). The van der Waals surface area contributed by atoms with Crippen LogP contribution in [0.1, 0.15) is 29.2 Å². The summed E-state index contributed by atoms with van der Waals surface area (Å²) in [7, 11) is 2.18. The van der Waals surface area contributed by atoms with Gasteiger partial charge in [0.15, 0.2) is 0 Å². The van der Waals surface area contributed by atoms with Crippen LogP contribution in [0.4, 0.5) is 0 Å². The molecule has 1 heterocycles. The zero-order valence-corrected chi connectivity index (χ0v) is 15.5. The van der Waals surface area contributed by atoms with Crippen molar-refractivity contribution in [3.05, 3.63) is 64.7 Å². The Labute approximate surface area is 151 Å². The number of hydrogen-bond acceptors (Lipinski definition) is 3. The Kier molecular flexibility index (Phi) is 5.57. The minimum Gasteiger partial charge on any atom is -0.507 e. The predicted octanol–water partition coefficient (Wildman–Crippen LogP) is 4.01. The minimum atomic E-state index is 0.386. The topological polar surface area (TPSA) is 26.7 Å². The van der Waals surface area contributed by atoms with Gasteiger partial charge in [0, 0.05) is 38.3 Å². The molecule has 132 valence electrons. The normalized spacial score (nSPS) is 17.0. The van der Waals surface area contributed by atoms with Gasteiger partial charge in [-0.1, -0.05) is 36.4 Å². The van der Waals surface area contributed by atoms with Gasteiger partial charge in [0.05, 0.1) is 0 Å². The van der Waals surface area contributed by atoms with Crippen LogP contribution in [-0.4, -0.2) is 48.1 Å². The van der Waals surface area contributed by atoms with Gasteiger partial charge in [-0.05, 0) is 55.3 Å². The second-order valence-corrected chi connectivity index (χ2v) is 7.12. The third-order valence-corrected chi connectivity index (χ3v) is 4.99. The predicted molar refractivity (Wildman–Crippen MR) is 106 cm³/mol. The smallest absolute Gasteiger partial charge is 0.125 e. The van der Waals surface area contributed by atoms with Crippen molar-refractivity contribution in [3.8, 4) is 5.75 Å². The quantitative estimate of drug-likeness (QED) is 0.855. The van der Waals surface area contributed by atoms with Gasteiger partial charge in [0.2, 0.25) is 0 Å². The fraction of sp³-hybridized carbons (Fsp3) is 0.364. The van der Waals surface area contributed by atoms with Gasteiger partial charge in [-0.2, -0.15) is 0 Å². The van der Waals surface area contributed by atoms with E-state index in [2.05, 4.69) is 54.1 Å². The summed E-state index contributed by atoms with van der Waals surface area (Å²) in [4.78, 5) is 4.86. The van der Waals surface area contributed by atoms with Crippen LogP contribution in [0.2, 0.25) is 0 Å². The first kappa shape index (κ1) is 17.7. The van der Waals surface area contributed by atoms with Gasteiger partial charge in [0.25, 0.3) is 0 Å². The van der Waals surface area contributed by atoms with Crippen molar-refractivity contribution >= 4 is 11.6 Å². The Balaban J connectivity index is 1.83. The molecule has 0 amide bonds. The van der Waals surface area contributed by atoms with E-state index in [1.165, 1.54) is 11.1 Å². The summed E-state index contributed by atoms with van der Waals surface area (Å²) in [6.07, 6.45) is 2.09. The highest BCUT2D eigenvalue weighted by atomic mass is 16.3. The number of piperazine rings is 1. The Bertz CT molecular complexity index is 744. The number of phenolic OH excluding ortho intramolecular Hbond substituents is 1.